The number of aryl methyl sites for hydroxylation is 2. The smallest absolute Gasteiger partial charge is 0.406 e. The van der Waals surface area contributed by atoms with Crippen LogP contribution in [-0.2, 0) is 12.8 Å². The molecular formula is C27H35F3O. The van der Waals surface area contributed by atoms with Crippen LogP contribution in [0.5, 0.6) is 5.75 Å². The quantitative estimate of drug-likeness (QED) is 0.341. The maximum absolute atomic E-state index is 12.3. The fourth-order valence-electron chi connectivity index (χ4n) is 4.75. The second-order valence-corrected chi connectivity index (χ2v) is 9.00. The highest BCUT2D eigenvalue weighted by atomic mass is 19.4. The average molecular weight is 433 g/mol. The molecule has 0 atom stereocenters. The summed E-state index contributed by atoms with van der Waals surface area (Å²) in [4.78, 5) is 0. The van der Waals surface area contributed by atoms with E-state index < -0.39 is 6.36 Å². The summed E-state index contributed by atoms with van der Waals surface area (Å²) < 4.78 is 40.7. The summed E-state index contributed by atoms with van der Waals surface area (Å²) in [6, 6.07) is 15.2. The van der Waals surface area contributed by atoms with E-state index in [1.165, 1.54) is 81.0 Å². The lowest BCUT2D eigenvalue weighted by Gasteiger charge is -2.29. The summed E-state index contributed by atoms with van der Waals surface area (Å²) in [5.74, 6) is 1.46. The zero-order valence-corrected chi connectivity index (χ0v) is 18.6. The van der Waals surface area contributed by atoms with Crippen LogP contribution in [0.15, 0.2) is 48.5 Å². The minimum Gasteiger partial charge on any atom is -0.406 e. The predicted molar refractivity (Wildman–Crippen MR) is 120 cm³/mol. The third-order valence-electron chi connectivity index (χ3n) is 6.62. The Hall–Kier alpha value is -1.97. The molecule has 0 aliphatic heterocycles. The highest BCUT2D eigenvalue weighted by Gasteiger charge is 2.30. The Morgan fingerprint density at radius 2 is 1.35 bits per heavy atom. The van der Waals surface area contributed by atoms with Crippen LogP contribution in [0.1, 0.15) is 87.3 Å². The Labute approximate surface area is 185 Å². The lowest BCUT2D eigenvalue weighted by molar-refractivity contribution is -0.274. The number of ether oxygens (including phenoxy) is 1. The van der Waals surface area contributed by atoms with Crippen LogP contribution in [-0.4, -0.2) is 6.36 Å². The molecule has 0 heterocycles. The van der Waals surface area contributed by atoms with Crippen LogP contribution in [0.2, 0.25) is 0 Å². The Balaban J connectivity index is 1.41. The van der Waals surface area contributed by atoms with E-state index in [9.17, 15) is 13.2 Å². The summed E-state index contributed by atoms with van der Waals surface area (Å²) in [6.07, 6.45) is 9.28. The van der Waals surface area contributed by atoms with Gasteiger partial charge in [-0.3, -0.25) is 0 Å². The first-order valence-corrected chi connectivity index (χ1v) is 11.9. The number of benzene rings is 2. The fraction of sp³-hybridized carbons (Fsp3) is 0.556. The Kier molecular flexibility index (Phi) is 8.86. The molecule has 2 aromatic rings. The van der Waals surface area contributed by atoms with Gasteiger partial charge in [0, 0.05) is 0 Å². The normalized spacial score (nSPS) is 19.4. The maximum atomic E-state index is 12.3. The molecule has 3 rings (SSSR count). The van der Waals surface area contributed by atoms with Crippen molar-refractivity contribution >= 4 is 0 Å². The molecule has 170 valence electrons. The zero-order chi connectivity index (χ0) is 22.1. The van der Waals surface area contributed by atoms with Gasteiger partial charge in [0.15, 0.2) is 0 Å². The van der Waals surface area contributed by atoms with Crippen LogP contribution >= 0.6 is 0 Å². The highest BCUT2D eigenvalue weighted by molar-refractivity contribution is 5.30. The fourth-order valence-corrected chi connectivity index (χ4v) is 4.75. The van der Waals surface area contributed by atoms with Crippen molar-refractivity contribution in [1.82, 2.24) is 0 Å². The molecular weight excluding hydrogens is 397 g/mol. The van der Waals surface area contributed by atoms with Crippen molar-refractivity contribution in [3.63, 3.8) is 0 Å². The second-order valence-electron chi connectivity index (χ2n) is 9.00. The average Bonchev–Trinajstić information content (AvgIpc) is 2.76. The topological polar surface area (TPSA) is 9.23 Å². The first kappa shape index (κ1) is 23.7. The minimum absolute atomic E-state index is 0.170. The van der Waals surface area contributed by atoms with E-state index in [1.54, 1.807) is 12.1 Å². The standard InChI is InChI=1S/C27H35F3O/c1-2-3-4-5-6-21-9-15-24(16-10-21)25-17-11-22(12-18-25)7-8-23-13-19-26(20-14-23)31-27(28,29)30/h11-14,17-21,24H,2-10,15-16H2,1H3. The molecule has 0 radical (unpaired) electrons. The number of hydrogen-bond donors (Lipinski definition) is 0. The molecule has 31 heavy (non-hydrogen) atoms. The van der Waals surface area contributed by atoms with E-state index >= 15 is 0 Å². The molecule has 0 aromatic heterocycles. The molecule has 0 spiro atoms. The largest absolute Gasteiger partial charge is 0.573 e. The maximum Gasteiger partial charge on any atom is 0.573 e. The lowest BCUT2D eigenvalue weighted by Crippen LogP contribution is -2.17. The van der Waals surface area contributed by atoms with Gasteiger partial charge in [-0.2, -0.15) is 0 Å². The van der Waals surface area contributed by atoms with Gasteiger partial charge < -0.3 is 4.74 Å². The van der Waals surface area contributed by atoms with Gasteiger partial charge in [0.1, 0.15) is 5.75 Å². The van der Waals surface area contributed by atoms with E-state index in [0.717, 1.165) is 24.3 Å². The third kappa shape index (κ3) is 8.23. The predicted octanol–water partition coefficient (Wildman–Crippen LogP) is 8.61. The van der Waals surface area contributed by atoms with E-state index in [2.05, 4.69) is 35.9 Å². The monoisotopic (exact) mass is 432 g/mol. The number of rotatable bonds is 10. The number of unbranched alkanes of at least 4 members (excludes halogenated alkanes) is 3. The van der Waals surface area contributed by atoms with Crippen LogP contribution in [0.4, 0.5) is 13.2 Å². The first-order valence-electron chi connectivity index (χ1n) is 11.9. The van der Waals surface area contributed by atoms with Gasteiger partial charge in [-0.15, -0.1) is 13.2 Å². The molecule has 0 N–H and O–H groups in total. The van der Waals surface area contributed by atoms with Gasteiger partial charge in [-0.1, -0.05) is 75.4 Å². The highest BCUT2D eigenvalue weighted by Crippen LogP contribution is 2.37. The Morgan fingerprint density at radius 1 is 0.774 bits per heavy atom. The molecule has 1 saturated carbocycles. The van der Waals surface area contributed by atoms with E-state index in [4.69, 9.17) is 0 Å². The molecule has 1 fully saturated rings. The molecule has 1 aliphatic carbocycles. The van der Waals surface area contributed by atoms with Crippen molar-refractivity contribution in [1.29, 1.82) is 0 Å². The number of alkyl halides is 3. The summed E-state index contributed by atoms with van der Waals surface area (Å²) in [5.41, 5.74) is 3.74. The molecule has 0 unspecified atom stereocenters. The molecule has 0 saturated heterocycles. The number of hydrogen-bond acceptors (Lipinski definition) is 1. The third-order valence-corrected chi connectivity index (χ3v) is 6.62. The molecule has 0 amide bonds. The molecule has 1 aliphatic rings. The van der Waals surface area contributed by atoms with Gasteiger partial charge in [0.2, 0.25) is 0 Å². The SMILES string of the molecule is CCCCCCC1CCC(c2ccc(CCc3ccc(OC(F)(F)F)cc3)cc2)CC1. The molecule has 4 heteroatoms. The van der Waals surface area contributed by atoms with E-state index in [-0.39, 0.29) is 5.75 Å². The van der Waals surface area contributed by atoms with Gasteiger partial charge in [0.25, 0.3) is 0 Å². The van der Waals surface area contributed by atoms with Crippen molar-refractivity contribution in [2.75, 3.05) is 0 Å². The van der Waals surface area contributed by atoms with Crippen LogP contribution in [0.3, 0.4) is 0 Å². The van der Waals surface area contributed by atoms with Crippen molar-refractivity contribution < 1.29 is 17.9 Å². The van der Waals surface area contributed by atoms with Crippen LogP contribution < -0.4 is 4.74 Å². The number of halogens is 3. The molecule has 2 aromatic carbocycles. The summed E-state index contributed by atoms with van der Waals surface area (Å²) in [7, 11) is 0. The Bertz CT molecular complexity index is 757. The second kappa shape index (κ2) is 11.6. The molecule has 0 bridgehead atoms. The van der Waals surface area contributed by atoms with Crippen molar-refractivity contribution in [3.8, 4) is 5.75 Å². The summed E-state index contributed by atoms with van der Waals surface area (Å²) in [5, 5.41) is 0. The van der Waals surface area contributed by atoms with E-state index in [0.29, 0.717) is 5.92 Å². The van der Waals surface area contributed by atoms with Crippen molar-refractivity contribution in [2.45, 2.75) is 89.8 Å². The van der Waals surface area contributed by atoms with Crippen LogP contribution in [0, 0.1) is 5.92 Å². The summed E-state index contributed by atoms with van der Waals surface area (Å²) in [6.45, 7) is 2.27. The van der Waals surface area contributed by atoms with Gasteiger partial charge >= 0.3 is 6.36 Å². The van der Waals surface area contributed by atoms with Crippen LogP contribution in [0.25, 0.3) is 0 Å². The minimum atomic E-state index is -4.64. The van der Waals surface area contributed by atoms with E-state index in [1.807, 2.05) is 0 Å². The van der Waals surface area contributed by atoms with Gasteiger partial charge in [0.05, 0.1) is 0 Å². The van der Waals surface area contributed by atoms with Gasteiger partial charge in [-0.25, -0.2) is 0 Å². The van der Waals surface area contributed by atoms with Gasteiger partial charge in [-0.05, 0) is 79.2 Å². The first-order chi connectivity index (χ1) is 14.9. The lowest BCUT2D eigenvalue weighted by atomic mass is 9.77. The summed E-state index contributed by atoms with van der Waals surface area (Å²) >= 11 is 0. The van der Waals surface area contributed by atoms with Crippen molar-refractivity contribution in [2.24, 2.45) is 5.92 Å². The van der Waals surface area contributed by atoms with Crippen molar-refractivity contribution in [3.05, 3.63) is 65.2 Å². The Morgan fingerprint density at radius 3 is 1.90 bits per heavy atom. The zero-order valence-electron chi connectivity index (χ0n) is 18.6. The molecule has 1 nitrogen and oxygen atoms in total.